The monoisotopic (exact) mass is 86.1 g/mol. The van der Waals surface area contributed by atoms with Crippen LogP contribution in [0.2, 0.25) is 0 Å². The van der Waals surface area contributed by atoms with Gasteiger partial charge in [-0.15, -0.1) is 6.42 Å². The smallest absolute Gasteiger partial charge is 0.165 e. The molecule has 0 aliphatic heterocycles. The second-order valence-corrected chi connectivity index (χ2v) is 1.62. The fraction of sp³-hybridized carbons (Fsp3) is 0.600. The van der Waals surface area contributed by atoms with Crippen molar-refractivity contribution in [2.75, 3.05) is 0 Å². The molecule has 0 N–H and O–H groups in total. The molecule has 0 spiro atoms. The summed E-state index contributed by atoms with van der Waals surface area (Å²) in [6, 6.07) is 0. The van der Waals surface area contributed by atoms with Crippen LogP contribution in [0.4, 0.5) is 4.39 Å². The highest BCUT2D eigenvalue weighted by atomic mass is 19.1. The van der Waals surface area contributed by atoms with Crippen molar-refractivity contribution in [2.24, 2.45) is 0 Å². The van der Waals surface area contributed by atoms with Crippen molar-refractivity contribution in [3.63, 3.8) is 0 Å². The van der Waals surface area contributed by atoms with E-state index in [1.807, 2.05) is 5.92 Å². The molecule has 0 aromatic rings. The van der Waals surface area contributed by atoms with Gasteiger partial charge in [0.2, 0.25) is 0 Å². The van der Waals surface area contributed by atoms with E-state index in [1.165, 1.54) is 13.8 Å². The van der Waals surface area contributed by atoms with Gasteiger partial charge in [0.05, 0.1) is 0 Å². The standard InChI is InChI=1S/C5H7F/c1-4-5(2,3)6/h1H,2-3H3. The summed E-state index contributed by atoms with van der Waals surface area (Å²) < 4.78 is 11.9. The normalized spacial score (nSPS) is 10.3. The average molecular weight is 86.1 g/mol. The Kier molecular flexibility index (Phi) is 1.19. The minimum atomic E-state index is -1.43. The molecule has 0 radical (unpaired) electrons. The first-order valence-electron chi connectivity index (χ1n) is 1.73. The van der Waals surface area contributed by atoms with Crippen molar-refractivity contribution in [1.29, 1.82) is 0 Å². The Morgan fingerprint density at radius 1 is 1.67 bits per heavy atom. The zero-order valence-electron chi connectivity index (χ0n) is 3.96. The van der Waals surface area contributed by atoms with Gasteiger partial charge in [-0.3, -0.25) is 0 Å². The summed E-state index contributed by atoms with van der Waals surface area (Å²) in [6.45, 7) is 2.68. The Hall–Kier alpha value is -0.510. The maximum Gasteiger partial charge on any atom is 0.165 e. The number of terminal acetylenes is 1. The first kappa shape index (κ1) is 5.49. The van der Waals surface area contributed by atoms with Gasteiger partial charge in [-0.2, -0.15) is 0 Å². The third-order valence-corrected chi connectivity index (χ3v) is 0.343. The molecule has 0 aliphatic rings. The second kappa shape index (κ2) is 1.30. The van der Waals surface area contributed by atoms with Gasteiger partial charge < -0.3 is 0 Å². The molecule has 0 aliphatic carbocycles. The van der Waals surface area contributed by atoms with Crippen LogP contribution in [-0.2, 0) is 0 Å². The van der Waals surface area contributed by atoms with Gasteiger partial charge in [0.15, 0.2) is 5.67 Å². The maximum absolute atomic E-state index is 11.9. The molecule has 0 amide bonds. The molecule has 0 bridgehead atoms. The first-order chi connectivity index (χ1) is 2.56. The lowest BCUT2D eigenvalue weighted by molar-refractivity contribution is 0.301. The van der Waals surface area contributed by atoms with Crippen LogP contribution in [-0.4, -0.2) is 5.67 Å². The highest BCUT2D eigenvalue weighted by molar-refractivity contribution is 5.01. The van der Waals surface area contributed by atoms with Gasteiger partial charge in [0.1, 0.15) is 0 Å². The fourth-order valence-electron chi connectivity index (χ4n) is 0. The summed E-state index contributed by atoms with van der Waals surface area (Å²) in [6.07, 6.45) is 4.68. The zero-order chi connectivity index (χ0) is 5.21. The third-order valence-electron chi connectivity index (χ3n) is 0.343. The highest BCUT2D eigenvalue weighted by Gasteiger charge is 2.07. The molecule has 0 heterocycles. The Morgan fingerprint density at radius 2 is 1.83 bits per heavy atom. The summed E-state index contributed by atoms with van der Waals surface area (Å²) in [5.41, 5.74) is -1.43. The molecule has 0 nitrogen and oxygen atoms in total. The Morgan fingerprint density at radius 3 is 1.83 bits per heavy atom. The minimum absolute atomic E-state index is 1.34. The molecule has 0 saturated heterocycles. The predicted octanol–water partition coefficient (Wildman–Crippen LogP) is 1.37. The van der Waals surface area contributed by atoms with Crippen LogP contribution in [0.1, 0.15) is 13.8 Å². The van der Waals surface area contributed by atoms with Gasteiger partial charge in [0.25, 0.3) is 0 Å². The third kappa shape index (κ3) is 3.49. The molecule has 34 valence electrons. The van der Waals surface area contributed by atoms with E-state index in [4.69, 9.17) is 0 Å². The maximum atomic E-state index is 11.9. The summed E-state index contributed by atoms with van der Waals surface area (Å²) in [5.74, 6) is 1.94. The molecule has 0 saturated carbocycles. The minimum Gasteiger partial charge on any atom is -0.230 e. The molecule has 0 aromatic heterocycles. The van der Waals surface area contributed by atoms with E-state index < -0.39 is 5.67 Å². The zero-order valence-corrected chi connectivity index (χ0v) is 3.96. The number of hydrogen-bond donors (Lipinski definition) is 0. The highest BCUT2D eigenvalue weighted by Crippen LogP contribution is 2.02. The lowest BCUT2D eigenvalue weighted by Gasteiger charge is -1.99. The quantitative estimate of drug-likeness (QED) is 0.390. The number of alkyl halides is 1. The molecule has 0 unspecified atom stereocenters. The van der Waals surface area contributed by atoms with Crippen LogP contribution in [0.5, 0.6) is 0 Å². The van der Waals surface area contributed by atoms with Crippen molar-refractivity contribution in [3.8, 4) is 12.3 Å². The SMILES string of the molecule is C#CC(C)(C)F. The van der Waals surface area contributed by atoms with E-state index in [0.717, 1.165) is 0 Å². The molecule has 6 heavy (non-hydrogen) atoms. The molecular formula is C5H7F. The van der Waals surface area contributed by atoms with E-state index >= 15 is 0 Å². The van der Waals surface area contributed by atoms with E-state index in [9.17, 15) is 4.39 Å². The fourth-order valence-corrected chi connectivity index (χ4v) is 0. The summed E-state index contributed by atoms with van der Waals surface area (Å²) >= 11 is 0. The van der Waals surface area contributed by atoms with Gasteiger partial charge in [-0.1, -0.05) is 5.92 Å². The number of hydrogen-bond acceptors (Lipinski definition) is 0. The molecule has 0 fully saturated rings. The van der Waals surface area contributed by atoms with Gasteiger partial charge in [0, 0.05) is 0 Å². The van der Waals surface area contributed by atoms with E-state index in [2.05, 4.69) is 6.42 Å². The molecule has 0 aromatic carbocycles. The van der Waals surface area contributed by atoms with Crippen molar-refractivity contribution in [1.82, 2.24) is 0 Å². The average Bonchev–Trinajstić information content (AvgIpc) is 1.35. The summed E-state index contributed by atoms with van der Waals surface area (Å²) in [5, 5.41) is 0. The molecular weight excluding hydrogens is 79.1 g/mol. The predicted molar refractivity (Wildman–Crippen MR) is 24.0 cm³/mol. The van der Waals surface area contributed by atoms with Crippen molar-refractivity contribution in [2.45, 2.75) is 19.5 Å². The molecule has 0 atom stereocenters. The Labute approximate surface area is 37.4 Å². The lowest BCUT2D eigenvalue weighted by Crippen LogP contribution is -2.05. The number of rotatable bonds is 0. The summed E-state index contributed by atoms with van der Waals surface area (Å²) in [7, 11) is 0. The van der Waals surface area contributed by atoms with Crippen molar-refractivity contribution < 1.29 is 4.39 Å². The lowest BCUT2D eigenvalue weighted by atomic mass is 10.2. The van der Waals surface area contributed by atoms with Gasteiger partial charge in [-0.05, 0) is 13.8 Å². The van der Waals surface area contributed by atoms with Crippen molar-refractivity contribution in [3.05, 3.63) is 0 Å². The van der Waals surface area contributed by atoms with Crippen LogP contribution >= 0.6 is 0 Å². The largest absolute Gasteiger partial charge is 0.230 e. The van der Waals surface area contributed by atoms with E-state index in [1.54, 1.807) is 0 Å². The van der Waals surface area contributed by atoms with E-state index in [0.29, 0.717) is 0 Å². The topological polar surface area (TPSA) is 0 Å². The summed E-state index contributed by atoms with van der Waals surface area (Å²) in [4.78, 5) is 0. The molecule has 1 heteroatoms. The van der Waals surface area contributed by atoms with Crippen LogP contribution in [0, 0.1) is 12.3 Å². The first-order valence-corrected chi connectivity index (χ1v) is 1.73. The van der Waals surface area contributed by atoms with Crippen LogP contribution in [0.15, 0.2) is 0 Å². The van der Waals surface area contributed by atoms with Gasteiger partial charge >= 0.3 is 0 Å². The van der Waals surface area contributed by atoms with E-state index in [-0.39, 0.29) is 0 Å². The molecule has 0 rings (SSSR count). The van der Waals surface area contributed by atoms with Crippen molar-refractivity contribution >= 4 is 0 Å². The second-order valence-electron chi connectivity index (χ2n) is 1.62. The Balaban J connectivity index is 3.55. The Bertz CT molecular complexity index is 70.9. The number of halogens is 1. The van der Waals surface area contributed by atoms with Crippen LogP contribution in [0.3, 0.4) is 0 Å². The van der Waals surface area contributed by atoms with Gasteiger partial charge in [-0.25, -0.2) is 4.39 Å². The van der Waals surface area contributed by atoms with Crippen LogP contribution in [0.25, 0.3) is 0 Å². The van der Waals surface area contributed by atoms with Crippen LogP contribution < -0.4 is 0 Å².